The van der Waals surface area contributed by atoms with Crippen molar-refractivity contribution in [3.05, 3.63) is 34.1 Å². The summed E-state index contributed by atoms with van der Waals surface area (Å²) in [6.45, 7) is 8.30. The van der Waals surface area contributed by atoms with Gasteiger partial charge in [-0.3, -0.25) is 0 Å². The molecule has 0 aromatic heterocycles. The van der Waals surface area contributed by atoms with E-state index in [1.165, 1.54) is 22.3 Å². The van der Waals surface area contributed by atoms with E-state index >= 15 is 0 Å². The van der Waals surface area contributed by atoms with E-state index in [-0.39, 0.29) is 0 Å². The molecule has 2 heteroatoms. The Labute approximate surface area is 97.0 Å². The number of hydrogen-bond acceptors (Lipinski definition) is 1. The Hall–Kier alpha value is -1.53. The third-order valence-electron chi connectivity index (χ3n) is 3.62. The number of nitrogens with two attached hydrogens (primary N) is 1. The van der Waals surface area contributed by atoms with E-state index in [0.717, 1.165) is 30.0 Å². The first kappa shape index (κ1) is 11.0. The van der Waals surface area contributed by atoms with Crippen LogP contribution in [-0.2, 0) is 0 Å². The normalized spacial score (nSPS) is 21.1. The predicted octanol–water partition coefficient (Wildman–Crippen LogP) is 2.26. The highest BCUT2D eigenvalue weighted by molar-refractivity contribution is 6.21. The lowest BCUT2D eigenvalue weighted by atomic mass is 9.87. The molecule has 0 aromatic rings. The summed E-state index contributed by atoms with van der Waals surface area (Å²) in [5.74, 6) is 0. The van der Waals surface area contributed by atoms with E-state index in [9.17, 15) is 0 Å². The second-order valence-corrected chi connectivity index (χ2v) is 4.66. The van der Waals surface area contributed by atoms with Gasteiger partial charge in [0.1, 0.15) is 0 Å². The van der Waals surface area contributed by atoms with Crippen LogP contribution in [0, 0.1) is 0 Å². The van der Waals surface area contributed by atoms with Crippen LogP contribution in [-0.4, -0.2) is 11.4 Å². The van der Waals surface area contributed by atoms with Gasteiger partial charge in [0, 0.05) is 24.3 Å². The summed E-state index contributed by atoms with van der Waals surface area (Å²) >= 11 is 0. The second kappa shape index (κ2) is 3.80. The highest BCUT2D eigenvalue weighted by atomic mass is 14.7. The summed E-state index contributed by atoms with van der Waals surface area (Å²) in [5, 5.41) is 0. The standard InChI is InChI=1S/C14H18N2/c1-8(10(3)15)12-5-6-13-9(2)11(4)16-14(13)7-12/h7,15H,5-6H2,1-4H3/p+1. The molecule has 0 radical (unpaired) electrons. The number of hydrogen-bond donors (Lipinski definition) is 1. The second-order valence-electron chi connectivity index (χ2n) is 4.66. The van der Waals surface area contributed by atoms with Gasteiger partial charge in [-0.2, -0.15) is 0 Å². The topological polar surface area (TPSA) is 40.1 Å². The molecular weight excluding hydrogens is 196 g/mol. The maximum atomic E-state index is 5.84. The maximum absolute atomic E-state index is 5.84. The van der Waals surface area contributed by atoms with Crippen molar-refractivity contribution in [2.75, 3.05) is 0 Å². The van der Waals surface area contributed by atoms with Crippen LogP contribution >= 0.6 is 0 Å². The predicted molar refractivity (Wildman–Crippen MR) is 70.4 cm³/mol. The largest absolute Gasteiger partial charge is 0.402 e. The number of fused-ring (bicyclic) bond motifs is 1. The molecule has 2 N–H and O–H groups in total. The lowest BCUT2D eigenvalue weighted by Gasteiger charge is -2.13. The van der Waals surface area contributed by atoms with Gasteiger partial charge in [0.25, 0.3) is 0 Å². The molecule has 0 spiro atoms. The van der Waals surface area contributed by atoms with Gasteiger partial charge in [0.2, 0.25) is 0 Å². The first-order valence-corrected chi connectivity index (χ1v) is 5.77. The molecule has 0 fully saturated rings. The molecule has 0 amide bonds. The molecule has 1 heterocycles. The minimum Gasteiger partial charge on any atom is -0.402 e. The van der Waals surface area contributed by atoms with Gasteiger partial charge in [0.15, 0.2) is 0 Å². The monoisotopic (exact) mass is 215 g/mol. The van der Waals surface area contributed by atoms with E-state index in [2.05, 4.69) is 31.5 Å². The van der Waals surface area contributed by atoms with Crippen LogP contribution in [0.4, 0.5) is 0 Å². The fourth-order valence-electron chi connectivity index (χ4n) is 2.22. The van der Waals surface area contributed by atoms with E-state index in [1.54, 1.807) is 0 Å². The summed E-state index contributed by atoms with van der Waals surface area (Å²) in [4.78, 5) is 0. The van der Waals surface area contributed by atoms with Crippen molar-refractivity contribution in [2.24, 2.45) is 5.73 Å². The van der Waals surface area contributed by atoms with Gasteiger partial charge in [0.05, 0.1) is 5.57 Å². The minimum atomic E-state index is 0.912. The Morgan fingerprint density at radius 1 is 1.25 bits per heavy atom. The third kappa shape index (κ3) is 1.66. The van der Waals surface area contributed by atoms with Crippen LogP contribution in [0.3, 0.4) is 0 Å². The molecule has 0 saturated carbocycles. The van der Waals surface area contributed by atoms with Crippen molar-refractivity contribution >= 4 is 11.4 Å². The van der Waals surface area contributed by atoms with Crippen molar-refractivity contribution < 1.29 is 0 Å². The van der Waals surface area contributed by atoms with Crippen molar-refractivity contribution in [2.45, 2.75) is 40.5 Å². The number of nitrogens with zero attached hydrogens (tertiary/aromatic N) is 1. The molecule has 0 bridgehead atoms. The van der Waals surface area contributed by atoms with Crippen molar-refractivity contribution in [3.63, 3.8) is 0 Å². The Balaban J connectivity index is 2.46. The van der Waals surface area contributed by atoms with Crippen LogP contribution in [0.5, 0.6) is 0 Å². The molecule has 0 atom stereocenters. The van der Waals surface area contributed by atoms with Gasteiger partial charge < -0.3 is 5.73 Å². The third-order valence-corrected chi connectivity index (χ3v) is 3.62. The summed E-state index contributed by atoms with van der Waals surface area (Å²) in [6.07, 6.45) is 4.38. The van der Waals surface area contributed by atoms with Gasteiger partial charge in [-0.05, 0) is 44.8 Å². The van der Waals surface area contributed by atoms with E-state index in [0.29, 0.717) is 0 Å². The fraction of sp³-hybridized carbons (Fsp3) is 0.429. The van der Waals surface area contributed by atoms with Crippen molar-refractivity contribution in [1.29, 1.82) is 0 Å². The maximum Gasteiger partial charge on any atom is 0.331 e. The average molecular weight is 215 g/mol. The molecule has 2 aliphatic rings. The highest BCUT2D eigenvalue weighted by Crippen LogP contribution is 2.29. The molecular formula is C14H19N2+. The van der Waals surface area contributed by atoms with E-state index < -0.39 is 0 Å². The van der Waals surface area contributed by atoms with E-state index in [1.807, 2.05) is 6.92 Å². The Morgan fingerprint density at radius 3 is 2.56 bits per heavy atom. The van der Waals surface area contributed by atoms with Gasteiger partial charge >= 0.3 is 11.4 Å². The zero-order valence-electron chi connectivity index (χ0n) is 10.5. The summed E-state index contributed by atoms with van der Waals surface area (Å²) in [7, 11) is 0. The molecule has 0 unspecified atom stereocenters. The first-order valence-electron chi connectivity index (χ1n) is 5.77. The van der Waals surface area contributed by atoms with Crippen LogP contribution in [0.25, 0.3) is 0 Å². The van der Waals surface area contributed by atoms with Gasteiger partial charge in [-0.1, -0.05) is 4.67 Å². The van der Waals surface area contributed by atoms with Crippen LogP contribution < -0.4 is 10.4 Å². The van der Waals surface area contributed by atoms with Gasteiger partial charge in [-0.15, -0.1) is 0 Å². The fourth-order valence-corrected chi connectivity index (χ4v) is 2.22. The zero-order chi connectivity index (χ0) is 11.9. The summed E-state index contributed by atoms with van der Waals surface area (Å²) < 4.78 is 4.60. The molecule has 84 valence electrons. The lowest BCUT2D eigenvalue weighted by molar-refractivity contribution is 0.934. The molecule has 1 aliphatic heterocycles. The molecule has 1 aliphatic carbocycles. The molecule has 2 rings (SSSR count). The summed E-state index contributed by atoms with van der Waals surface area (Å²) in [6, 6.07) is 0. The first-order chi connectivity index (χ1) is 7.50. The summed E-state index contributed by atoms with van der Waals surface area (Å²) in [5.41, 5.74) is 14.4. The minimum absolute atomic E-state index is 0.912. The van der Waals surface area contributed by atoms with E-state index in [4.69, 9.17) is 5.73 Å². The molecule has 0 aromatic carbocycles. The van der Waals surface area contributed by atoms with Crippen LogP contribution in [0.15, 0.2) is 34.1 Å². The smallest absolute Gasteiger partial charge is 0.331 e. The zero-order valence-corrected chi connectivity index (χ0v) is 10.5. The van der Waals surface area contributed by atoms with Crippen molar-refractivity contribution in [1.82, 2.24) is 4.67 Å². The van der Waals surface area contributed by atoms with Crippen LogP contribution in [0.2, 0.25) is 0 Å². The highest BCUT2D eigenvalue weighted by Gasteiger charge is 2.31. The Morgan fingerprint density at radius 2 is 1.94 bits per heavy atom. The molecule has 2 nitrogen and oxygen atoms in total. The Bertz CT molecular complexity index is 503. The quantitative estimate of drug-likeness (QED) is 0.670. The average Bonchev–Trinajstić information content (AvgIpc) is 2.53. The van der Waals surface area contributed by atoms with Gasteiger partial charge in [-0.25, -0.2) is 0 Å². The Kier molecular flexibility index (Phi) is 2.61. The number of rotatable bonds is 1. The number of allylic oxidation sites excluding steroid dienone is 6. The SMILES string of the molecule is CC1=[N+]=C2C=C(C(C)=C(C)N)CCC2=C1C. The van der Waals surface area contributed by atoms with Crippen LogP contribution in [0.1, 0.15) is 40.5 Å². The molecule has 16 heavy (non-hydrogen) atoms. The lowest BCUT2D eigenvalue weighted by Crippen LogP contribution is -2.10. The molecule has 0 saturated heterocycles. The van der Waals surface area contributed by atoms with Crippen molar-refractivity contribution in [3.8, 4) is 0 Å².